The van der Waals surface area contributed by atoms with Crippen molar-refractivity contribution < 1.29 is 14.6 Å². The summed E-state index contributed by atoms with van der Waals surface area (Å²) in [5.74, 6) is -1.08. The van der Waals surface area contributed by atoms with Crippen LogP contribution in [0, 0.1) is 0 Å². The smallest absolute Gasteiger partial charge is 0.357 e. The number of pyridine rings is 1. The molecule has 0 aliphatic heterocycles. The molecule has 0 spiro atoms. The summed E-state index contributed by atoms with van der Waals surface area (Å²) in [5.41, 5.74) is 1.20. The van der Waals surface area contributed by atoms with E-state index in [-0.39, 0.29) is 5.69 Å². The van der Waals surface area contributed by atoms with Gasteiger partial charge in [0.05, 0.1) is 12.0 Å². The van der Waals surface area contributed by atoms with Crippen LogP contribution in [0.4, 0.5) is 0 Å². The highest BCUT2D eigenvalue weighted by Gasteiger charge is 2.19. The molecule has 0 fully saturated rings. The molecule has 0 saturated heterocycles. The minimum Gasteiger partial charge on any atom is -0.476 e. The number of ether oxygens (including phenoxy) is 1. The van der Waals surface area contributed by atoms with Crippen molar-refractivity contribution in [1.82, 2.24) is 15.2 Å². The lowest BCUT2D eigenvalue weighted by Crippen LogP contribution is -2.21. The number of carboxylic acids is 1. The SMILES string of the molecule is C[Si](C)(C)CCOCc1c(Br)cnc2[nH]nc(C(=O)O)c12. The number of halogens is 1. The van der Waals surface area contributed by atoms with E-state index in [0.29, 0.717) is 24.2 Å². The number of nitrogens with zero attached hydrogens (tertiary/aromatic N) is 2. The second kappa shape index (κ2) is 6.25. The zero-order chi connectivity index (χ0) is 15.6. The average molecular weight is 372 g/mol. The monoisotopic (exact) mass is 371 g/mol. The Labute approximate surface area is 132 Å². The lowest BCUT2D eigenvalue weighted by Gasteiger charge is -2.15. The van der Waals surface area contributed by atoms with E-state index in [2.05, 4.69) is 50.8 Å². The summed E-state index contributed by atoms with van der Waals surface area (Å²) in [6.45, 7) is 7.87. The van der Waals surface area contributed by atoms with Crippen molar-refractivity contribution in [2.45, 2.75) is 32.3 Å². The molecule has 2 N–H and O–H groups in total. The number of aromatic nitrogens is 3. The number of hydrogen-bond donors (Lipinski definition) is 2. The molecule has 21 heavy (non-hydrogen) atoms. The molecule has 2 rings (SSSR count). The molecule has 2 heterocycles. The number of aromatic carboxylic acids is 1. The topological polar surface area (TPSA) is 88.1 Å². The van der Waals surface area contributed by atoms with E-state index < -0.39 is 14.0 Å². The molecule has 0 atom stereocenters. The summed E-state index contributed by atoms with van der Waals surface area (Å²) in [6, 6.07) is 1.07. The molecule has 8 heteroatoms. The Morgan fingerprint density at radius 2 is 2.19 bits per heavy atom. The first-order chi connectivity index (χ1) is 9.79. The van der Waals surface area contributed by atoms with Gasteiger partial charge in [0.1, 0.15) is 0 Å². The second-order valence-corrected chi connectivity index (χ2v) is 12.5. The maximum absolute atomic E-state index is 11.2. The van der Waals surface area contributed by atoms with E-state index in [1.807, 2.05) is 0 Å². The number of nitrogens with one attached hydrogen (secondary N) is 1. The van der Waals surface area contributed by atoms with Gasteiger partial charge in [0, 0.05) is 30.9 Å². The third kappa shape index (κ3) is 3.89. The van der Waals surface area contributed by atoms with Crippen LogP contribution in [-0.4, -0.2) is 40.9 Å². The number of H-pyrrole nitrogens is 1. The minimum atomic E-state index is -1.14. The molecule has 2 aromatic heterocycles. The van der Waals surface area contributed by atoms with Gasteiger partial charge in [-0.3, -0.25) is 5.10 Å². The van der Waals surface area contributed by atoms with Gasteiger partial charge in [-0.2, -0.15) is 5.10 Å². The van der Waals surface area contributed by atoms with Crippen molar-refractivity contribution in [3.63, 3.8) is 0 Å². The van der Waals surface area contributed by atoms with E-state index in [1.54, 1.807) is 6.20 Å². The van der Waals surface area contributed by atoms with Crippen molar-refractivity contribution in [2.24, 2.45) is 0 Å². The predicted molar refractivity (Wildman–Crippen MR) is 86.4 cm³/mol. The van der Waals surface area contributed by atoms with E-state index in [0.717, 1.165) is 16.1 Å². The largest absolute Gasteiger partial charge is 0.476 e. The van der Waals surface area contributed by atoms with Gasteiger partial charge in [0.2, 0.25) is 0 Å². The van der Waals surface area contributed by atoms with E-state index >= 15 is 0 Å². The molecule has 0 amide bonds. The van der Waals surface area contributed by atoms with Gasteiger partial charge in [-0.25, -0.2) is 9.78 Å². The molecule has 0 aliphatic carbocycles. The molecule has 0 aromatic carbocycles. The highest BCUT2D eigenvalue weighted by atomic mass is 79.9. The quantitative estimate of drug-likeness (QED) is 0.600. The first-order valence-corrected chi connectivity index (χ1v) is 11.1. The van der Waals surface area contributed by atoms with Crippen molar-refractivity contribution in [3.05, 3.63) is 21.9 Å². The fourth-order valence-electron chi connectivity index (χ4n) is 1.88. The number of rotatable bonds is 6. The van der Waals surface area contributed by atoms with Crippen LogP contribution in [0.25, 0.3) is 11.0 Å². The number of hydrogen-bond acceptors (Lipinski definition) is 4. The van der Waals surface area contributed by atoms with Gasteiger partial charge in [-0.1, -0.05) is 19.6 Å². The van der Waals surface area contributed by atoms with Crippen LogP contribution in [0.1, 0.15) is 16.1 Å². The van der Waals surface area contributed by atoms with E-state index in [4.69, 9.17) is 4.74 Å². The van der Waals surface area contributed by atoms with Crippen LogP contribution in [0.3, 0.4) is 0 Å². The molecular weight excluding hydrogens is 354 g/mol. The Balaban J connectivity index is 2.24. The molecule has 0 unspecified atom stereocenters. The van der Waals surface area contributed by atoms with E-state index in [9.17, 15) is 9.90 Å². The minimum absolute atomic E-state index is 0.0254. The Hall–Kier alpha value is -1.25. The standard InChI is InChI=1S/C13H18BrN3O3Si/c1-21(2,3)5-4-20-7-8-9(14)6-15-12-10(8)11(13(18)19)16-17-12/h6H,4-5,7H2,1-3H3,(H,18,19)(H,15,16,17). The Bertz CT molecular complexity index is 666. The lowest BCUT2D eigenvalue weighted by molar-refractivity contribution is 0.0692. The predicted octanol–water partition coefficient (Wildman–Crippen LogP) is 3.27. The third-order valence-electron chi connectivity index (χ3n) is 3.09. The van der Waals surface area contributed by atoms with Crippen molar-refractivity contribution >= 4 is 41.0 Å². The summed E-state index contributed by atoms with van der Waals surface area (Å²) in [7, 11) is -1.14. The molecule has 114 valence electrons. The summed E-state index contributed by atoms with van der Waals surface area (Å²) < 4.78 is 6.46. The first-order valence-electron chi connectivity index (χ1n) is 6.62. The van der Waals surface area contributed by atoms with Gasteiger partial charge < -0.3 is 9.84 Å². The highest BCUT2D eigenvalue weighted by molar-refractivity contribution is 9.10. The molecule has 2 aromatic rings. The van der Waals surface area contributed by atoms with Crippen molar-refractivity contribution in [3.8, 4) is 0 Å². The molecule has 0 radical (unpaired) electrons. The lowest BCUT2D eigenvalue weighted by atomic mass is 10.1. The van der Waals surface area contributed by atoms with Gasteiger partial charge >= 0.3 is 5.97 Å². The fourth-order valence-corrected chi connectivity index (χ4v) is 3.05. The second-order valence-electron chi connectivity index (χ2n) is 6.05. The van der Waals surface area contributed by atoms with Gasteiger partial charge in [0.15, 0.2) is 11.3 Å². The zero-order valence-electron chi connectivity index (χ0n) is 12.2. The molecular formula is C13H18BrN3O3Si. The summed E-state index contributed by atoms with van der Waals surface area (Å²) in [5, 5.41) is 16.2. The highest BCUT2D eigenvalue weighted by Crippen LogP contribution is 2.27. The van der Waals surface area contributed by atoms with Crippen LogP contribution < -0.4 is 0 Å². The molecule has 0 saturated carbocycles. The summed E-state index contributed by atoms with van der Waals surface area (Å²) in [6.07, 6.45) is 1.63. The number of fused-ring (bicyclic) bond motifs is 1. The first kappa shape index (κ1) is 16.1. The molecule has 6 nitrogen and oxygen atoms in total. The normalized spacial score (nSPS) is 12.0. The third-order valence-corrected chi connectivity index (χ3v) is 5.48. The number of carboxylic acid groups (broad SMARTS) is 1. The van der Waals surface area contributed by atoms with Crippen LogP contribution >= 0.6 is 15.9 Å². The maximum atomic E-state index is 11.2. The van der Waals surface area contributed by atoms with Gasteiger partial charge in [0.25, 0.3) is 0 Å². The van der Waals surface area contributed by atoms with Gasteiger partial charge in [-0.05, 0) is 22.0 Å². The molecule has 0 bridgehead atoms. The Kier molecular flexibility index (Phi) is 4.80. The van der Waals surface area contributed by atoms with E-state index in [1.165, 1.54) is 0 Å². The van der Waals surface area contributed by atoms with Crippen LogP contribution in [0.15, 0.2) is 10.7 Å². The fraction of sp³-hybridized carbons (Fsp3) is 0.462. The average Bonchev–Trinajstić information content (AvgIpc) is 2.79. The van der Waals surface area contributed by atoms with Crippen LogP contribution in [0.2, 0.25) is 25.7 Å². The summed E-state index contributed by atoms with van der Waals surface area (Å²) in [4.78, 5) is 15.4. The summed E-state index contributed by atoms with van der Waals surface area (Å²) >= 11 is 3.41. The van der Waals surface area contributed by atoms with Crippen LogP contribution in [-0.2, 0) is 11.3 Å². The maximum Gasteiger partial charge on any atom is 0.357 e. The Morgan fingerprint density at radius 3 is 2.81 bits per heavy atom. The number of aromatic amines is 1. The number of carbonyl (C=O) groups is 1. The van der Waals surface area contributed by atoms with Crippen LogP contribution in [0.5, 0.6) is 0 Å². The Morgan fingerprint density at radius 1 is 1.48 bits per heavy atom. The zero-order valence-corrected chi connectivity index (χ0v) is 14.8. The van der Waals surface area contributed by atoms with Gasteiger partial charge in [-0.15, -0.1) is 0 Å². The van der Waals surface area contributed by atoms with Crippen molar-refractivity contribution in [1.29, 1.82) is 0 Å². The molecule has 0 aliphatic rings. The van der Waals surface area contributed by atoms with Crippen molar-refractivity contribution in [2.75, 3.05) is 6.61 Å².